The maximum Gasteiger partial charge on any atom is 0.326 e. The Morgan fingerprint density at radius 3 is 2.65 bits per heavy atom. The Bertz CT molecular complexity index is 275. The van der Waals surface area contributed by atoms with Gasteiger partial charge in [-0.3, -0.25) is 0 Å². The fraction of sp³-hybridized carbons (Fsp3) is 0.818. The van der Waals surface area contributed by atoms with Gasteiger partial charge in [-0.2, -0.15) is 0 Å². The summed E-state index contributed by atoms with van der Waals surface area (Å²) in [5.74, 6) is -1.17. The van der Waals surface area contributed by atoms with E-state index < -0.39 is 18.0 Å². The van der Waals surface area contributed by atoms with E-state index >= 15 is 0 Å². The summed E-state index contributed by atoms with van der Waals surface area (Å²) in [5, 5.41) is 14.0. The van der Waals surface area contributed by atoms with E-state index in [2.05, 4.69) is 10.6 Å². The van der Waals surface area contributed by atoms with Crippen molar-refractivity contribution in [3.05, 3.63) is 0 Å². The highest BCUT2D eigenvalue weighted by Gasteiger charge is 2.24. The molecule has 1 unspecified atom stereocenters. The molecule has 1 saturated heterocycles. The van der Waals surface area contributed by atoms with Crippen LogP contribution in [0, 0.1) is 5.92 Å². The molecule has 3 N–H and O–H groups in total. The summed E-state index contributed by atoms with van der Waals surface area (Å²) < 4.78 is 5.34. The van der Waals surface area contributed by atoms with Crippen LogP contribution >= 0.6 is 0 Å². The quantitative estimate of drug-likeness (QED) is 0.660. The Labute approximate surface area is 101 Å². The highest BCUT2D eigenvalue weighted by atomic mass is 16.5. The van der Waals surface area contributed by atoms with Crippen molar-refractivity contribution in [1.82, 2.24) is 10.6 Å². The van der Waals surface area contributed by atoms with Crippen LogP contribution in [0.1, 0.15) is 26.7 Å². The molecule has 0 radical (unpaired) electrons. The number of amides is 2. The molecule has 98 valence electrons. The average molecular weight is 244 g/mol. The fourth-order valence-corrected chi connectivity index (χ4v) is 1.72. The molecule has 0 aliphatic carbocycles. The van der Waals surface area contributed by atoms with Crippen LogP contribution in [0.25, 0.3) is 0 Å². The molecular formula is C11H20N2O4. The molecule has 0 aromatic heterocycles. The second-order valence-electron chi connectivity index (χ2n) is 4.55. The van der Waals surface area contributed by atoms with Gasteiger partial charge in [-0.05, 0) is 18.8 Å². The third-order valence-corrected chi connectivity index (χ3v) is 2.73. The molecule has 1 aliphatic heterocycles. The maximum atomic E-state index is 11.5. The lowest BCUT2D eigenvalue weighted by Gasteiger charge is -2.19. The first kappa shape index (κ1) is 13.8. The van der Waals surface area contributed by atoms with Gasteiger partial charge in [0.05, 0.1) is 6.10 Å². The van der Waals surface area contributed by atoms with Gasteiger partial charge in [-0.1, -0.05) is 13.8 Å². The number of carboxylic acids is 1. The molecule has 1 rings (SSSR count). The van der Waals surface area contributed by atoms with E-state index in [-0.39, 0.29) is 12.0 Å². The summed E-state index contributed by atoms with van der Waals surface area (Å²) in [5.41, 5.74) is 0. The predicted octanol–water partition coefficient (Wildman–Crippen LogP) is 0.574. The van der Waals surface area contributed by atoms with Gasteiger partial charge in [-0.15, -0.1) is 0 Å². The minimum absolute atomic E-state index is 0.0584. The molecule has 0 spiro atoms. The van der Waals surface area contributed by atoms with Crippen molar-refractivity contribution >= 4 is 12.0 Å². The van der Waals surface area contributed by atoms with E-state index in [4.69, 9.17) is 9.84 Å². The summed E-state index contributed by atoms with van der Waals surface area (Å²) >= 11 is 0. The molecule has 0 aromatic carbocycles. The van der Waals surface area contributed by atoms with Gasteiger partial charge in [0, 0.05) is 13.2 Å². The van der Waals surface area contributed by atoms with Crippen LogP contribution in [-0.2, 0) is 9.53 Å². The third-order valence-electron chi connectivity index (χ3n) is 2.73. The topological polar surface area (TPSA) is 87.7 Å². The zero-order chi connectivity index (χ0) is 12.8. The summed E-state index contributed by atoms with van der Waals surface area (Å²) in [4.78, 5) is 22.3. The van der Waals surface area contributed by atoms with Crippen LogP contribution in [0.2, 0.25) is 0 Å². The lowest BCUT2D eigenvalue weighted by molar-refractivity contribution is -0.140. The SMILES string of the molecule is CC(C)[C@@H](NC(=O)NCC1CCCO1)C(=O)O. The number of carbonyl (C=O) groups excluding carboxylic acids is 1. The van der Waals surface area contributed by atoms with Crippen LogP contribution < -0.4 is 10.6 Å². The normalized spacial score (nSPS) is 21.2. The van der Waals surface area contributed by atoms with Crippen molar-refractivity contribution in [3.8, 4) is 0 Å². The van der Waals surface area contributed by atoms with Crippen molar-refractivity contribution in [3.63, 3.8) is 0 Å². The van der Waals surface area contributed by atoms with Gasteiger partial charge < -0.3 is 20.5 Å². The lowest BCUT2D eigenvalue weighted by atomic mass is 10.1. The van der Waals surface area contributed by atoms with Crippen molar-refractivity contribution < 1.29 is 19.4 Å². The van der Waals surface area contributed by atoms with Crippen LogP contribution in [-0.4, -0.2) is 42.4 Å². The average Bonchev–Trinajstić information content (AvgIpc) is 2.74. The Morgan fingerprint density at radius 1 is 1.47 bits per heavy atom. The smallest absolute Gasteiger partial charge is 0.326 e. The Balaban J connectivity index is 2.29. The first-order valence-electron chi connectivity index (χ1n) is 5.89. The molecule has 0 bridgehead atoms. The van der Waals surface area contributed by atoms with Crippen molar-refractivity contribution in [2.45, 2.75) is 38.8 Å². The molecule has 2 amide bonds. The van der Waals surface area contributed by atoms with E-state index in [0.717, 1.165) is 19.4 Å². The number of urea groups is 1. The highest BCUT2D eigenvalue weighted by Crippen LogP contribution is 2.10. The number of carbonyl (C=O) groups is 2. The minimum atomic E-state index is -1.02. The van der Waals surface area contributed by atoms with Gasteiger partial charge in [-0.25, -0.2) is 9.59 Å². The Hall–Kier alpha value is -1.30. The van der Waals surface area contributed by atoms with Crippen molar-refractivity contribution in [1.29, 1.82) is 0 Å². The number of hydrogen-bond donors (Lipinski definition) is 3. The molecule has 1 aliphatic rings. The van der Waals surface area contributed by atoms with E-state index in [0.29, 0.717) is 6.54 Å². The van der Waals surface area contributed by atoms with Crippen LogP contribution in [0.5, 0.6) is 0 Å². The molecule has 17 heavy (non-hydrogen) atoms. The van der Waals surface area contributed by atoms with Gasteiger partial charge >= 0.3 is 12.0 Å². The first-order chi connectivity index (χ1) is 8.00. The van der Waals surface area contributed by atoms with Gasteiger partial charge in [0.2, 0.25) is 0 Å². The maximum absolute atomic E-state index is 11.5. The molecule has 1 heterocycles. The third kappa shape index (κ3) is 4.60. The second-order valence-corrected chi connectivity index (χ2v) is 4.55. The summed E-state index contributed by atoms with van der Waals surface area (Å²) in [6.45, 7) is 4.66. The standard InChI is InChI=1S/C11H20N2O4/c1-7(2)9(10(14)15)13-11(16)12-6-8-4-3-5-17-8/h7-9H,3-6H2,1-2H3,(H,14,15)(H2,12,13,16)/t8?,9-/m1/s1. The molecular weight excluding hydrogens is 224 g/mol. The largest absolute Gasteiger partial charge is 0.480 e. The van der Waals surface area contributed by atoms with E-state index in [1.165, 1.54) is 0 Å². The second kappa shape index (κ2) is 6.44. The Kier molecular flexibility index (Phi) is 5.21. The molecule has 1 fully saturated rings. The van der Waals surface area contributed by atoms with Gasteiger partial charge in [0.1, 0.15) is 6.04 Å². The van der Waals surface area contributed by atoms with E-state index in [9.17, 15) is 9.59 Å². The van der Waals surface area contributed by atoms with Gasteiger partial charge in [0.25, 0.3) is 0 Å². The number of aliphatic carboxylic acids is 1. The molecule has 0 saturated carbocycles. The van der Waals surface area contributed by atoms with Gasteiger partial charge in [0.15, 0.2) is 0 Å². The minimum Gasteiger partial charge on any atom is -0.480 e. The zero-order valence-electron chi connectivity index (χ0n) is 10.2. The molecule has 6 heteroatoms. The molecule has 2 atom stereocenters. The predicted molar refractivity (Wildman–Crippen MR) is 61.8 cm³/mol. The number of ether oxygens (including phenoxy) is 1. The van der Waals surface area contributed by atoms with Crippen molar-refractivity contribution in [2.75, 3.05) is 13.2 Å². The van der Waals surface area contributed by atoms with E-state index in [1.807, 2.05) is 0 Å². The van der Waals surface area contributed by atoms with Crippen LogP contribution in [0.4, 0.5) is 4.79 Å². The lowest BCUT2D eigenvalue weighted by Crippen LogP contribution is -2.49. The summed E-state index contributed by atoms with van der Waals surface area (Å²) in [6, 6.07) is -1.32. The number of carboxylic acid groups (broad SMARTS) is 1. The monoisotopic (exact) mass is 244 g/mol. The summed E-state index contributed by atoms with van der Waals surface area (Å²) in [7, 11) is 0. The number of nitrogens with one attached hydrogen (secondary N) is 2. The molecule has 0 aromatic rings. The number of rotatable bonds is 5. The van der Waals surface area contributed by atoms with E-state index in [1.54, 1.807) is 13.8 Å². The summed E-state index contributed by atoms with van der Waals surface area (Å²) in [6.07, 6.45) is 2.01. The fourth-order valence-electron chi connectivity index (χ4n) is 1.72. The first-order valence-corrected chi connectivity index (χ1v) is 5.89. The number of hydrogen-bond acceptors (Lipinski definition) is 3. The van der Waals surface area contributed by atoms with Crippen LogP contribution in [0.15, 0.2) is 0 Å². The highest BCUT2D eigenvalue weighted by molar-refractivity contribution is 5.82. The zero-order valence-corrected chi connectivity index (χ0v) is 10.2. The molecule has 6 nitrogen and oxygen atoms in total. The van der Waals surface area contributed by atoms with Crippen LogP contribution in [0.3, 0.4) is 0 Å². The Morgan fingerprint density at radius 2 is 2.18 bits per heavy atom. The van der Waals surface area contributed by atoms with Crippen molar-refractivity contribution in [2.24, 2.45) is 5.92 Å².